The van der Waals surface area contributed by atoms with E-state index in [-0.39, 0.29) is 5.56 Å². The molecule has 0 saturated heterocycles. The Morgan fingerprint density at radius 1 is 1.26 bits per heavy atom. The highest BCUT2D eigenvalue weighted by Crippen LogP contribution is 2.36. The SMILES string of the molecule is N#Cc1ccc(SCC2CCCC2)cc1C(F)(F)F. The van der Waals surface area contributed by atoms with Crippen molar-refractivity contribution in [2.45, 2.75) is 36.8 Å². The number of nitriles is 1. The third-order valence-corrected chi connectivity index (χ3v) is 4.60. The van der Waals surface area contributed by atoms with Gasteiger partial charge in [0.25, 0.3) is 0 Å². The third-order valence-electron chi connectivity index (χ3n) is 3.38. The van der Waals surface area contributed by atoms with Crippen LogP contribution < -0.4 is 0 Å². The molecule has 0 atom stereocenters. The quantitative estimate of drug-likeness (QED) is 0.740. The number of hydrogen-bond donors (Lipinski definition) is 0. The van der Waals surface area contributed by atoms with Crippen molar-refractivity contribution in [2.75, 3.05) is 5.75 Å². The van der Waals surface area contributed by atoms with E-state index >= 15 is 0 Å². The first kappa shape index (κ1) is 14.3. The van der Waals surface area contributed by atoms with E-state index in [1.54, 1.807) is 12.1 Å². The Kier molecular flexibility index (Phi) is 4.41. The van der Waals surface area contributed by atoms with Crippen LogP contribution in [0.5, 0.6) is 0 Å². The lowest BCUT2D eigenvalue weighted by atomic mass is 10.1. The normalized spacial score (nSPS) is 16.5. The number of thioether (sulfide) groups is 1. The Labute approximate surface area is 114 Å². The average Bonchev–Trinajstić information content (AvgIpc) is 2.88. The van der Waals surface area contributed by atoms with E-state index in [0.29, 0.717) is 10.8 Å². The van der Waals surface area contributed by atoms with Crippen LogP contribution in [0.4, 0.5) is 13.2 Å². The Morgan fingerprint density at radius 3 is 2.53 bits per heavy atom. The first-order valence-electron chi connectivity index (χ1n) is 6.25. The molecule has 2 rings (SSSR count). The maximum absolute atomic E-state index is 12.8. The molecule has 0 radical (unpaired) electrons. The van der Waals surface area contributed by atoms with Crippen LogP contribution in [0.15, 0.2) is 23.1 Å². The summed E-state index contributed by atoms with van der Waals surface area (Å²) in [7, 11) is 0. The monoisotopic (exact) mass is 285 g/mol. The molecule has 0 amide bonds. The summed E-state index contributed by atoms with van der Waals surface area (Å²) in [6.07, 6.45) is 0.346. The van der Waals surface area contributed by atoms with E-state index < -0.39 is 11.7 Å². The molecular formula is C14H14F3NS. The zero-order valence-corrected chi connectivity index (χ0v) is 11.2. The van der Waals surface area contributed by atoms with Crippen molar-refractivity contribution in [3.8, 4) is 6.07 Å². The Bertz CT molecular complexity index is 484. The molecule has 1 aromatic rings. The summed E-state index contributed by atoms with van der Waals surface area (Å²) in [5.41, 5.74) is -1.14. The molecule has 1 saturated carbocycles. The lowest BCUT2D eigenvalue weighted by molar-refractivity contribution is -0.137. The van der Waals surface area contributed by atoms with Crippen molar-refractivity contribution in [1.82, 2.24) is 0 Å². The number of alkyl halides is 3. The summed E-state index contributed by atoms with van der Waals surface area (Å²) >= 11 is 1.46. The summed E-state index contributed by atoms with van der Waals surface area (Å²) in [4.78, 5) is 0.596. The second-order valence-electron chi connectivity index (χ2n) is 4.78. The molecule has 0 aromatic heterocycles. The van der Waals surface area contributed by atoms with Crippen molar-refractivity contribution in [3.05, 3.63) is 29.3 Å². The van der Waals surface area contributed by atoms with Crippen molar-refractivity contribution in [2.24, 2.45) is 5.92 Å². The number of hydrogen-bond acceptors (Lipinski definition) is 2. The highest BCUT2D eigenvalue weighted by atomic mass is 32.2. The summed E-state index contributed by atoms with van der Waals surface area (Å²) in [5.74, 6) is 1.48. The molecule has 5 heteroatoms. The van der Waals surface area contributed by atoms with E-state index in [1.807, 2.05) is 0 Å². The second kappa shape index (κ2) is 5.87. The van der Waals surface area contributed by atoms with Gasteiger partial charge in [-0.25, -0.2) is 0 Å². The van der Waals surface area contributed by atoms with Crippen LogP contribution in [0.3, 0.4) is 0 Å². The predicted octanol–water partition coefficient (Wildman–Crippen LogP) is 4.86. The lowest BCUT2D eigenvalue weighted by Crippen LogP contribution is -2.08. The maximum Gasteiger partial charge on any atom is 0.417 e. The topological polar surface area (TPSA) is 23.8 Å². The van der Waals surface area contributed by atoms with Crippen LogP contribution in [0, 0.1) is 17.2 Å². The molecule has 0 spiro atoms. The highest BCUT2D eigenvalue weighted by molar-refractivity contribution is 7.99. The number of rotatable bonds is 3. The number of nitrogens with zero attached hydrogens (tertiary/aromatic N) is 1. The van der Waals surface area contributed by atoms with Gasteiger partial charge in [-0.15, -0.1) is 11.8 Å². The van der Waals surface area contributed by atoms with E-state index in [1.165, 1.54) is 43.5 Å². The number of halogens is 3. The first-order valence-corrected chi connectivity index (χ1v) is 7.23. The zero-order chi connectivity index (χ0) is 13.9. The van der Waals surface area contributed by atoms with Gasteiger partial charge in [0.05, 0.1) is 17.2 Å². The standard InChI is InChI=1S/C14H14F3NS/c15-14(16,17)13-7-12(6-5-11(13)8-18)19-9-10-3-1-2-4-10/h5-7,10H,1-4,9H2. The summed E-state index contributed by atoms with van der Waals surface area (Å²) in [6, 6.07) is 5.56. The predicted molar refractivity (Wildman–Crippen MR) is 68.8 cm³/mol. The Morgan fingerprint density at radius 2 is 1.95 bits per heavy atom. The average molecular weight is 285 g/mol. The molecule has 0 bridgehead atoms. The fourth-order valence-corrected chi connectivity index (χ4v) is 3.46. The van der Waals surface area contributed by atoms with E-state index in [2.05, 4.69) is 0 Å². The van der Waals surface area contributed by atoms with Gasteiger partial charge in [0, 0.05) is 10.6 Å². The van der Waals surface area contributed by atoms with Crippen molar-refractivity contribution in [3.63, 3.8) is 0 Å². The minimum absolute atomic E-state index is 0.308. The first-order chi connectivity index (χ1) is 9.00. The van der Waals surface area contributed by atoms with E-state index in [0.717, 1.165) is 11.8 Å². The molecule has 1 aromatic carbocycles. The molecule has 0 unspecified atom stereocenters. The van der Waals surface area contributed by atoms with Gasteiger partial charge in [-0.2, -0.15) is 18.4 Å². The summed E-state index contributed by atoms with van der Waals surface area (Å²) in [6.45, 7) is 0. The van der Waals surface area contributed by atoms with Crippen LogP contribution in [0.25, 0.3) is 0 Å². The van der Waals surface area contributed by atoms with Gasteiger partial charge in [0.15, 0.2) is 0 Å². The molecule has 19 heavy (non-hydrogen) atoms. The van der Waals surface area contributed by atoms with Crippen molar-refractivity contribution >= 4 is 11.8 Å². The largest absolute Gasteiger partial charge is 0.417 e. The molecule has 1 fully saturated rings. The van der Waals surface area contributed by atoms with Gasteiger partial charge in [-0.05, 0) is 37.0 Å². The Balaban J connectivity index is 2.11. The molecule has 1 aliphatic rings. The van der Waals surface area contributed by atoms with Gasteiger partial charge in [-0.3, -0.25) is 0 Å². The minimum atomic E-state index is -4.46. The van der Waals surface area contributed by atoms with Crippen LogP contribution in [-0.4, -0.2) is 5.75 Å². The molecular weight excluding hydrogens is 271 g/mol. The van der Waals surface area contributed by atoms with E-state index in [9.17, 15) is 13.2 Å². The van der Waals surface area contributed by atoms with Crippen molar-refractivity contribution in [1.29, 1.82) is 5.26 Å². The molecule has 102 valence electrons. The molecule has 0 N–H and O–H groups in total. The minimum Gasteiger partial charge on any atom is -0.192 e. The van der Waals surface area contributed by atoms with Gasteiger partial charge in [0.1, 0.15) is 0 Å². The van der Waals surface area contributed by atoms with Gasteiger partial charge in [0.2, 0.25) is 0 Å². The zero-order valence-electron chi connectivity index (χ0n) is 10.3. The smallest absolute Gasteiger partial charge is 0.192 e. The third kappa shape index (κ3) is 3.66. The van der Waals surface area contributed by atoms with Crippen LogP contribution in [-0.2, 0) is 6.18 Å². The summed E-state index contributed by atoms with van der Waals surface area (Å²) < 4.78 is 38.4. The molecule has 0 heterocycles. The maximum atomic E-state index is 12.8. The fourth-order valence-electron chi connectivity index (χ4n) is 2.34. The van der Waals surface area contributed by atoms with Gasteiger partial charge < -0.3 is 0 Å². The molecule has 1 nitrogen and oxygen atoms in total. The fraction of sp³-hybridized carbons (Fsp3) is 0.500. The summed E-state index contributed by atoms with van der Waals surface area (Å²) in [5, 5.41) is 8.72. The van der Waals surface area contributed by atoms with Crippen molar-refractivity contribution < 1.29 is 13.2 Å². The Hall–Kier alpha value is -1.15. The lowest BCUT2D eigenvalue weighted by Gasteiger charge is -2.12. The van der Waals surface area contributed by atoms with Gasteiger partial charge in [-0.1, -0.05) is 12.8 Å². The highest BCUT2D eigenvalue weighted by Gasteiger charge is 2.33. The van der Waals surface area contributed by atoms with Crippen LogP contribution in [0.2, 0.25) is 0 Å². The molecule has 0 aliphatic heterocycles. The number of benzene rings is 1. The second-order valence-corrected chi connectivity index (χ2v) is 5.87. The van der Waals surface area contributed by atoms with Crippen LogP contribution in [0.1, 0.15) is 36.8 Å². The molecule has 1 aliphatic carbocycles. The van der Waals surface area contributed by atoms with Gasteiger partial charge >= 0.3 is 6.18 Å². The van der Waals surface area contributed by atoms with E-state index in [4.69, 9.17) is 5.26 Å². The van der Waals surface area contributed by atoms with Crippen LogP contribution >= 0.6 is 11.8 Å².